The van der Waals surface area contributed by atoms with Gasteiger partial charge in [0.2, 0.25) is 0 Å². The number of carbonyl (C=O) groups excluding carboxylic acids is 1. The molecule has 2 aromatic rings. The Hall–Kier alpha value is -2.14. The second-order valence-corrected chi connectivity index (χ2v) is 6.02. The molecule has 0 unspecified atom stereocenters. The first-order valence-corrected chi connectivity index (χ1v) is 8.78. The highest BCUT2D eigenvalue weighted by Gasteiger charge is 2.09. The number of rotatable bonds is 5. The standard InChI is InChI=1S/C17H17FN2OS.C2H6/c1-11-2-5-13(9-16(11)19)17(20)22-10-15(21)8-12-3-6-14(18)7-4-12;1-2/h2-7,9,20H,8,10,19H2,1H3;1-2H3. The molecule has 3 nitrogen and oxygen atoms in total. The summed E-state index contributed by atoms with van der Waals surface area (Å²) >= 11 is 1.18. The van der Waals surface area contributed by atoms with E-state index in [4.69, 9.17) is 11.1 Å². The normalized spacial score (nSPS) is 9.83. The van der Waals surface area contributed by atoms with Crippen LogP contribution in [0.2, 0.25) is 0 Å². The average Bonchev–Trinajstić information content (AvgIpc) is 2.59. The van der Waals surface area contributed by atoms with Gasteiger partial charge in [0.15, 0.2) is 0 Å². The van der Waals surface area contributed by atoms with Gasteiger partial charge in [-0.3, -0.25) is 10.2 Å². The molecule has 0 spiro atoms. The summed E-state index contributed by atoms with van der Waals surface area (Å²) in [7, 11) is 0. The van der Waals surface area contributed by atoms with E-state index in [-0.39, 0.29) is 23.8 Å². The maximum absolute atomic E-state index is 12.8. The van der Waals surface area contributed by atoms with E-state index in [0.717, 1.165) is 11.1 Å². The van der Waals surface area contributed by atoms with Crippen LogP contribution in [0, 0.1) is 18.2 Å². The first kappa shape index (κ1) is 19.9. The number of nitrogens with two attached hydrogens (primary N) is 1. The Kier molecular flexibility index (Phi) is 8.19. The highest BCUT2D eigenvalue weighted by molar-refractivity contribution is 8.14. The van der Waals surface area contributed by atoms with Crippen molar-refractivity contribution in [1.29, 1.82) is 5.41 Å². The number of nitrogens with one attached hydrogen (secondary N) is 1. The maximum atomic E-state index is 12.8. The molecule has 0 aliphatic heterocycles. The molecule has 0 aliphatic carbocycles. The second-order valence-electron chi connectivity index (χ2n) is 5.03. The molecule has 2 aromatic carbocycles. The molecule has 24 heavy (non-hydrogen) atoms. The summed E-state index contributed by atoms with van der Waals surface area (Å²) in [5, 5.41) is 8.32. The zero-order valence-electron chi connectivity index (χ0n) is 14.2. The van der Waals surface area contributed by atoms with E-state index in [1.807, 2.05) is 32.9 Å². The molecule has 0 saturated heterocycles. The van der Waals surface area contributed by atoms with Gasteiger partial charge in [0.1, 0.15) is 11.6 Å². The number of carbonyl (C=O) groups is 1. The van der Waals surface area contributed by atoms with Crippen LogP contribution in [0.3, 0.4) is 0 Å². The fourth-order valence-corrected chi connectivity index (χ4v) is 2.60. The molecule has 5 heteroatoms. The third-order valence-electron chi connectivity index (χ3n) is 3.23. The summed E-state index contributed by atoms with van der Waals surface area (Å²) in [6.45, 7) is 5.90. The Morgan fingerprint density at radius 3 is 2.38 bits per heavy atom. The summed E-state index contributed by atoms with van der Waals surface area (Å²) in [4.78, 5) is 11.9. The second kappa shape index (κ2) is 9.88. The van der Waals surface area contributed by atoms with Gasteiger partial charge in [-0.25, -0.2) is 4.39 Å². The molecule has 0 amide bonds. The summed E-state index contributed by atoms with van der Waals surface area (Å²) in [6.07, 6.45) is 0.247. The summed E-state index contributed by atoms with van der Waals surface area (Å²) in [6, 6.07) is 11.3. The van der Waals surface area contributed by atoms with Crippen LogP contribution in [0.4, 0.5) is 10.1 Å². The molecule has 2 rings (SSSR count). The van der Waals surface area contributed by atoms with Gasteiger partial charge in [-0.1, -0.05) is 49.9 Å². The van der Waals surface area contributed by atoms with E-state index in [1.165, 1.54) is 23.9 Å². The van der Waals surface area contributed by atoms with E-state index in [2.05, 4.69) is 0 Å². The van der Waals surface area contributed by atoms with Crippen molar-refractivity contribution < 1.29 is 9.18 Å². The first-order valence-electron chi connectivity index (χ1n) is 7.79. The summed E-state index contributed by atoms with van der Waals surface area (Å²) in [5.41, 5.74) is 8.92. The van der Waals surface area contributed by atoms with E-state index in [9.17, 15) is 9.18 Å². The van der Waals surface area contributed by atoms with Crippen LogP contribution in [-0.4, -0.2) is 16.6 Å². The van der Waals surface area contributed by atoms with E-state index in [0.29, 0.717) is 16.3 Å². The molecule has 0 radical (unpaired) electrons. The Labute approximate surface area is 147 Å². The van der Waals surface area contributed by atoms with Crippen molar-refractivity contribution in [2.75, 3.05) is 11.5 Å². The number of benzene rings is 2. The van der Waals surface area contributed by atoms with Gasteiger partial charge in [-0.05, 0) is 36.2 Å². The molecule has 0 bridgehead atoms. The van der Waals surface area contributed by atoms with Crippen LogP contribution >= 0.6 is 11.8 Å². The highest BCUT2D eigenvalue weighted by Crippen LogP contribution is 2.18. The lowest BCUT2D eigenvalue weighted by Crippen LogP contribution is -2.08. The molecular weight excluding hydrogens is 323 g/mol. The fourth-order valence-electron chi connectivity index (χ4n) is 1.90. The van der Waals surface area contributed by atoms with Gasteiger partial charge in [-0.2, -0.15) is 0 Å². The van der Waals surface area contributed by atoms with Gasteiger partial charge >= 0.3 is 0 Å². The minimum atomic E-state index is -0.315. The number of hydrogen-bond acceptors (Lipinski definition) is 4. The topological polar surface area (TPSA) is 66.9 Å². The molecule has 0 saturated carbocycles. The van der Waals surface area contributed by atoms with Crippen LogP contribution in [0.5, 0.6) is 0 Å². The number of aryl methyl sites for hydroxylation is 1. The van der Waals surface area contributed by atoms with Crippen LogP contribution < -0.4 is 5.73 Å². The van der Waals surface area contributed by atoms with Crippen molar-refractivity contribution in [3.63, 3.8) is 0 Å². The number of Topliss-reactive ketones (excluding diaryl/α,β-unsaturated/α-hetero) is 1. The zero-order valence-corrected chi connectivity index (χ0v) is 15.0. The molecule has 0 atom stereocenters. The fraction of sp³-hybridized carbons (Fsp3) is 0.263. The van der Waals surface area contributed by atoms with Gasteiger partial charge in [-0.15, -0.1) is 0 Å². The first-order chi connectivity index (χ1) is 11.5. The Balaban J connectivity index is 0.00000139. The monoisotopic (exact) mass is 346 g/mol. The predicted octanol–water partition coefficient (Wildman–Crippen LogP) is 4.61. The lowest BCUT2D eigenvalue weighted by Gasteiger charge is -2.06. The van der Waals surface area contributed by atoms with Crippen LogP contribution in [0.25, 0.3) is 0 Å². The van der Waals surface area contributed by atoms with Gasteiger partial charge < -0.3 is 5.73 Å². The van der Waals surface area contributed by atoms with Crippen molar-refractivity contribution in [3.05, 3.63) is 65.0 Å². The molecule has 0 aromatic heterocycles. The predicted molar refractivity (Wildman–Crippen MR) is 101 cm³/mol. The molecular formula is C19H23FN2OS. The lowest BCUT2D eigenvalue weighted by atomic mass is 10.1. The van der Waals surface area contributed by atoms with Gasteiger partial charge in [0.05, 0.1) is 10.8 Å². The molecule has 0 heterocycles. The van der Waals surface area contributed by atoms with Crippen molar-refractivity contribution >= 4 is 28.3 Å². The van der Waals surface area contributed by atoms with Crippen LogP contribution in [-0.2, 0) is 11.2 Å². The van der Waals surface area contributed by atoms with Crippen molar-refractivity contribution in [2.24, 2.45) is 0 Å². The summed E-state index contributed by atoms with van der Waals surface area (Å²) in [5.74, 6) is -0.102. The largest absolute Gasteiger partial charge is 0.398 e. The van der Waals surface area contributed by atoms with E-state index in [1.54, 1.807) is 18.2 Å². The van der Waals surface area contributed by atoms with Crippen molar-refractivity contribution in [3.8, 4) is 0 Å². The maximum Gasteiger partial charge on any atom is 0.147 e. The number of hydrogen-bond donors (Lipinski definition) is 2. The number of anilines is 1. The minimum Gasteiger partial charge on any atom is -0.398 e. The molecule has 3 N–H and O–H groups in total. The SMILES string of the molecule is CC.Cc1ccc(C(=N)SCC(=O)Cc2ccc(F)cc2)cc1N. The van der Waals surface area contributed by atoms with Gasteiger partial charge in [0.25, 0.3) is 0 Å². The Bertz CT molecular complexity index is 699. The molecule has 0 fully saturated rings. The third kappa shape index (κ3) is 6.16. The average molecular weight is 346 g/mol. The van der Waals surface area contributed by atoms with Gasteiger partial charge in [0, 0.05) is 17.7 Å². The van der Waals surface area contributed by atoms with Crippen molar-refractivity contribution in [1.82, 2.24) is 0 Å². The number of ketones is 1. The Morgan fingerprint density at radius 2 is 1.79 bits per heavy atom. The Morgan fingerprint density at radius 1 is 1.17 bits per heavy atom. The summed E-state index contributed by atoms with van der Waals surface area (Å²) < 4.78 is 12.8. The number of nitrogen functional groups attached to an aromatic ring is 1. The van der Waals surface area contributed by atoms with Crippen LogP contribution in [0.1, 0.15) is 30.5 Å². The van der Waals surface area contributed by atoms with E-state index < -0.39 is 0 Å². The highest BCUT2D eigenvalue weighted by atomic mass is 32.2. The van der Waals surface area contributed by atoms with Crippen molar-refractivity contribution in [2.45, 2.75) is 27.2 Å². The zero-order chi connectivity index (χ0) is 18.1. The quantitative estimate of drug-likeness (QED) is 0.472. The lowest BCUT2D eigenvalue weighted by molar-refractivity contribution is -0.115. The molecule has 0 aliphatic rings. The van der Waals surface area contributed by atoms with E-state index >= 15 is 0 Å². The number of halogens is 1. The third-order valence-corrected chi connectivity index (χ3v) is 4.22. The smallest absolute Gasteiger partial charge is 0.147 e. The molecule has 128 valence electrons. The minimum absolute atomic E-state index is 0.00133. The number of thioether (sulfide) groups is 1. The van der Waals surface area contributed by atoms with Crippen LogP contribution in [0.15, 0.2) is 42.5 Å².